The SMILES string of the molecule is c1ccc([C@@H]2Sc3nnc([C@@H]4CCCO4)n3N=C2c2c[nH]c3ccccc23)cc1. The average Bonchev–Trinajstić information content (AvgIpc) is 3.52. The maximum Gasteiger partial charge on any atom is 0.213 e. The minimum atomic E-state index is -0.0295. The molecule has 6 nitrogen and oxygen atoms in total. The summed E-state index contributed by atoms with van der Waals surface area (Å²) in [6, 6.07) is 18.8. The fourth-order valence-corrected chi connectivity index (χ4v) is 5.19. The van der Waals surface area contributed by atoms with Crippen LogP contribution in [-0.2, 0) is 4.74 Å². The molecule has 7 heteroatoms. The van der Waals surface area contributed by atoms with E-state index in [-0.39, 0.29) is 11.4 Å². The van der Waals surface area contributed by atoms with E-state index in [0.29, 0.717) is 0 Å². The summed E-state index contributed by atoms with van der Waals surface area (Å²) in [5.41, 5.74) is 4.43. The van der Waals surface area contributed by atoms with Crippen molar-refractivity contribution in [2.45, 2.75) is 29.4 Å². The molecule has 0 unspecified atom stereocenters. The second kappa shape index (κ2) is 6.86. The van der Waals surface area contributed by atoms with E-state index in [1.54, 1.807) is 11.8 Å². The van der Waals surface area contributed by atoms with E-state index in [1.165, 1.54) is 10.9 Å². The zero-order valence-electron chi connectivity index (χ0n) is 15.7. The Morgan fingerprint density at radius 1 is 1.03 bits per heavy atom. The van der Waals surface area contributed by atoms with E-state index in [9.17, 15) is 0 Å². The number of aromatic amines is 1. The van der Waals surface area contributed by atoms with Gasteiger partial charge in [-0.3, -0.25) is 0 Å². The molecule has 1 saturated heterocycles. The number of aromatic nitrogens is 4. The summed E-state index contributed by atoms with van der Waals surface area (Å²) in [6.07, 6.45) is 4.04. The minimum absolute atomic E-state index is 0.0295. The number of benzene rings is 2. The van der Waals surface area contributed by atoms with Crippen LogP contribution in [0.2, 0.25) is 0 Å². The first-order chi connectivity index (χ1) is 14.4. The number of nitrogens with zero attached hydrogens (tertiary/aromatic N) is 4. The maximum absolute atomic E-state index is 5.86. The zero-order valence-corrected chi connectivity index (χ0v) is 16.5. The molecule has 0 saturated carbocycles. The highest BCUT2D eigenvalue weighted by atomic mass is 32.2. The number of hydrogen-bond acceptors (Lipinski definition) is 5. The maximum atomic E-state index is 5.86. The third-order valence-corrected chi connectivity index (χ3v) is 6.70. The van der Waals surface area contributed by atoms with Gasteiger partial charge in [0, 0.05) is 29.3 Å². The molecule has 0 radical (unpaired) electrons. The summed E-state index contributed by atoms with van der Waals surface area (Å²) >= 11 is 1.69. The van der Waals surface area contributed by atoms with Crippen molar-refractivity contribution in [1.82, 2.24) is 19.9 Å². The summed E-state index contributed by atoms with van der Waals surface area (Å²) in [5, 5.41) is 16.0. The Kier molecular flexibility index (Phi) is 4.02. The molecule has 6 rings (SSSR count). The van der Waals surface area contributed by atoms with E-state index in [0.717, 1.165) is 47.2 Å². The van der Waals surface area contributed by atoms with E-state index < -0.39 is 0 Å². The van der Waals surface area contributed by atoms with E-state index in [2.05, 4.69) is 63.8 Å². The lowest BCUT2D eigenvalue weighted by molar-refractivity contribution is 0.102. The quantitative estimate of drug-likeness (QED) is 0.540. The van der Waals surface area contributed by atoms with Crippen LogP contribution in [0.3, 0.4) is 0 Å². The number of nitrogens with one attached hydrogen (secondary N) is 1. The lowest BCUT2D eigenvalue weighted by Crippen LogP contribution is -2.19. The Bertz CT molecular complexity index is 1210. The van der Waals surface area contributed by atoms with Crippen LogP contribution < -0.4 is 0 Å². The molecule has 1 fully saturated rings. The Morgan fingerprint density at radius 3 is 2.76 bits per heavy atom. The van der Waals surface area contributed by atoms with Gasteiger partial charge < -0.3 is 9.72 Å². The van der Waals surface area contributed by atoms with Crippen molar-refractivity contribution in [3.8, 4) is 0 Å². The van der Waals surface area contributed by atoms with Gasteiger partial charge in [0.2, 0.25) is 5.16 Å². The molecule has 4 heterocycles. The molecule has 0 amide bonds. The first-order valence-electron chi connectivity index (χ1n) is 9.82. The minimum Gasteiger partial charge on any atom is -0.370 e. The summed E-state index contributed by atoms with van der Waals surface area (Å²) in [6.45, 7) is 0.770. The molecule has 2 atom stereocenters. The molecular formula is C22H19N5OS. The van der Waals surface area contributed by atoms with Crippen LogP contribution in [0, 0.1) is 0 Å². The molecule has 0 spiro atoms. The molecule has 144 valence electrons. The van der Waals surface area contributed by atoms with Crippen molar-refractivity contribution in [1.29, 1.82) is 0 Å². The molecule has 2 aliphatic heterocycles. The number of thioether (sulfide) groups is 1. The van der Waals surface area contributed by atoms with E-state index in [1.807, 2.05) is 16.8 Å². The third kappa shape index (κ3) is 2.81. The number of hydrogen-bond donors (Lipinski definition) is 1. The van der Waals surface area contributed by atoms with Crippen LogP contribution in [0.4, 0.5) is 0 Å². The average molecular weight is 401 g/mol. The molecule has 1 N–H and O–H groups in total. The Labute approximate surface area is 172 Å². The fraction of sp³-hybridized carbons (Fsp3) is 0.227. The van der Waals surface area contributed by atoms with Crippen LogP contribution in [0.5, 0.6) is 0 Å². The molecule has 2 aliphatic rings. The lowest BCUT2D eigenvalue weighted by Gasteiger charge is -2.24. The van der Waals surface area contributed by atoms with Crippen molar-refractivity contribution >= 4 is 28.4 Å². The van der Waals surface area contributed by atoms with Crippen molar-refractivity contribution < 1.29 is 4.74 Å². The number of ether oxygens (including phenoxy) is 1. The number of H-pyrrole nitrogens is 1. The van der Waals surface area contributed by atoms with Gasteiger partial charge in [-0.1, -0.05) is 60.3 Å². The van der Waals surface area contributed by atoms with Crippen molar-refractivity contribution in [2.24, 2.45) is 5.10 Å². The van der Waals surface area contributed by atoms with E-state index >= 15 is 0 Å². The predicted molar refractivity (Wildman–Crippen MR) is 113 cm³/mol. The van der Waals surface area contributed by atoms with Gasteiger partial charge in [-0.25, -0.2) is 0 Å². The molecule has 0 bridgehead atoms. The third-order valence-electron chi connectivity index (χ3n) is 5.50. The van der Waals surface area contributed by atoms with Crippen molar-refractivity contribution in [3.05, 3.63) is 77.7 Å². The largest absolute Gasteiger partial charge is 0.370 e. The van der Waals surface area contributed by atoms with Crippen LogP contribution in [0.1, 0.15) is 41.1 Å². The lowest BCUT2D eigenvalue weighted by atomic mass is 10.0. The summed E-state index contributed by atoms with van der Waals surface area (Å²) in [7, 11) is 0. The summed E-state index contributed by atoms with van der Waals surface area (Å²) in [5.74, 6) is 0.800. The van der Waals surface area contributed by atoms with Gasteiger partial charge in [-0.05, 0) is 24.5 Å². The predicted octanol–water partition coefficient (Wildman–Crippen LogP) is 4.71. The highest BCUT2D eigenvalue weighted by Crippen LogP contribution is 2.43. The van der Waals surface area contributed by atoms with Crippen LogP contribution in [0.25, 0.3) is 10.9 Å². The first kappa shape index (κ1) is 17.0. The first-order valence-corrected chi connectivity index (χ1v) is 10.7. The molecule has 29 heavy (non-hydrogen) atoms. The number of fused-ring (bicyclic) bond motifs is 2. The summed E-state index contributed by atoms with van der Waals surface area (Å²) in [4.78, 5) is 3.39. The van der Waals surface area contributed by atoms with Gasteiger partial charge in [-0.15, -0.1) is 10.2 Å². The Hall–Kier alpha value is -2.90. The normalized spacial score (nSPS) is 21.3. The Balaban J connectivity index is 1.54. The van der Waals surface area contributed by atoms with Gasteiger partial charge in [0.25, 0.3) is 0 Å². The van der Waals surface area contributed by atoms with Crippen molar-refractivity contribution in [2.75, 3.05) is 6.61 Å². The Morgan fingerprint density at radius 2 is 1.90 bits per heavy atom. The highest BCUT2D eigenvalue weighted by Gasteiger charge is 2.33. The van der Waals surface area contributed by atoms with Crippen LogP contribution in [-0.4, -0.2) is 32.2 Å². The van der Waals surface area contributed by atoms with Crippen LogP contribution >= 0.6 is 11.8 Å². The molecule has 2 aromatic heterocycles. The number of rotatable bonds is 3. The topological polar surface area (TPSA) is 68.1 Å². The zero-order chi connectivity index (χ0) is 19.2. The van der Waals surface area contributed by atoms with Gasteiger partial charge in [0.15, 0.2) is 5.82 Å². The monoisotopic (exact) mass is 401 g/mol. The second-order valence-electron chi connectivity index (χ2n) is 7.30. The van der Waals surface area contributed by atoms with Gasteiger partial charge in [0.05, 0.1) is 11.0 Å². The molecular weight excluding hydrogens is 382 g/mol. The number of para-hydroxylation sites is 1. The highest BCUT2D eigenvalue weighted by molar-refractivity contribution is 8.00. The second-order valence-corrected chi connectivity index (χ2v) is 8.37. The van der Waals surface area contributed by atoms with Crippen LogP contribution in [0.15, 0.2) is 71.1 Å². The van der Waals surface area contributed by atoms with Gasteiger partial charge in [0.1, 0.15) is 6.10 Å². The van der Waals surface area contributed by atoms with E-state index in [4.69, 9.17) is 9.84 Å². The molecule has 4 aromatic rings. The summed E-state index contributed by atoms with van der Waals surface area (Å²) < 4.78 is 7.75. The standard InChI is InChI=1S/C22H19N5OS/c1-2-7-14(8-3-1)20-19(16-13-23-17-10-5-4-9-15(16)17)26-27-21(18-11-6-12-28-18)24-25-22(27)29-20/h1-5,7-10,13,18,20,23H,6,11-12H2/t18-,20-/m0/s1. The van der Waals surface area contributed by atoms with Crippen molar-refractivity contribution in [3.63, 3.8) is 0 Å². The smallest absolute Gasteiger partial charge is 0.213 e. The molecule has 2 aromatic carbocycles. The van der Waals surface area contributed by atoms with Gasteiger partial charge >= 0.3 is 0 Å². The molecule has 0 aliphatic carbocycles. The fourth-order valence-electron chi connectivity index (χ4n) is 4.08. The van der Waals surface area contributed by atoms with Gasteiger partial charge in [-0.2, -0.15) is 9.78 Å².